The summed E-state index contributed by atoms with van der Waals surface area (Å²) in [6.07, 6.45) is 0.411. The molecule has 0 saturated carbocycles. The van der Waals surface area contributed by atoms with Crippen LogP contribution >= 0.6 is 0 Å². The molecule has 0 aliphatic carbocycles. The highest BCUT2D eigenvalue weighted by Gasteiger charge is 2.13. The van der Waals surface area contributed by atoms with Crippen molar-refractivity contribution in [1.29, 1.82) is 0 Å². The highest BCUT2D eigenvalue weighted by atomic mass is 19.2. The molecule has 2 N–H and O–H groups in total. The van der Waals surface area contributed by atoms with Gasteiger partial charge in [0.15, 0.2) is 11.6 Å². The maximum atomic E-state index is 13.5. The fraction of sp³-hybridized carbons (Fsp3) is 0.263. The molecule has 0 heterocycles. The van der Waals surface area contributed by atoms with E-state index in [0.29, 0.717) is 24.3 Å². The third-order valence-electron chi connectivity index (χ3n) is 3.52. The summed E-state index contributed by atoms with van der Waals surface area (Å²) in [5.74, 6) is -2.39. The number of para-hydroxylation sites is 1. The molecule has 0 radical (unpaired) electrons. The number of ether oxygens (including phenoxy) is 1. The van der Waals surface area contributed by atoms with Crippen molar-refractivity contribution in [3.63, 3.8) is 0 Å². The number of amides is 2. The fourth-order valence-corrected chi connectivity index (χ4v) is 2.29. The molecule has 0 aliphatic heterocycles. The van der Waals surface area contributed by atoms with E-state index in [9.17, 15) is 18.4 Å². The highest BCUT2D eigenvalue weighted by molar-refractivity contribution is 5.97. The first-order valence-corrected chi connectivity index (χ1v) is 8.26. The third kappa shape index (κ3) is 5.27. The lowest BCUT2D eigenvalue weighted by atomic mass is 10.2. The summed E-state index contributed by atoms with van der Waals surface area (Å²) in [5.41, 5.74) is 0.213. The second-order valence-electron chi connectivity index (χ2n) is 5.44. The van der Waals surface area contributed by atoms with Crippen LogP contribution in [0.1, 0.15) is 30.1 Å². The largest absolute Gasteiger partial charge is 0.493 e. The minimum atomic E-state index is -1.10. The van der Waals surface area contributed by atoms with Gasteiger partial charge in [-0.15, -0.1) is 0 Å². The van der Waals surface area contributed by atoms with Crippen molar-refractivity contribution in [3.05, 3.63) is 59.7 Å². The van der Waals surface area contributed by atoms with Crippen molar-refractivity contribution >= 4 is 17.5 Å². The Hall–Kier alpha value is -2.96. The van der Waals surface area contributed by atoms with Crippen molar-refractivity contribution in [1.82, 2.24) is 5.32 Å². The predicted octanol–water partition coefficient (Wildman–Crippen LogP) is 3.51. The molecule has 0 spiro atoms. The molecule has 7 heteroatoms. The molecule has 2 rings (SSSR count). The first-order valence-electron chi connectivity index (χ1n) is 8.26. The highest BCUT2D eigenvalue weighted by Crippen LogP contribution is 2.18. The van der Waals surface area contributed by atoms with Gasteiger partial charge in [-0.05, 0) is 37.6 Å². The number of halogens is 2. The molecule has 5 nitrogen and oxygen atoms in total. The van der Waals surface area contributed by atoms with Gasteiger partial charge < -0.3 is 15.4 Å². The molecule has 0 fully saturated rings. The van der Waals surface area contributed by atoms with Gasteiger partial charge in [-0.3, -0.25) is 9.59 Å². The van der Waals surface area contributed by atoms with E-state index in [1.54, 1.807) is 24.3 Å². The van der Waals surface area contributed by atoms with Crippen molar-refractivity contribution in [2.45, 2.75) is 19.8 Å². The molecular formula is C19H20F2N2O3. The first kappa shape index (κ1) is 19.4. The lowest BCUT2D eigenvalue weighted by Gasteiger charge is -2.10. The van der Waals surface area contributed by atoms with Crippen LogP contribution in [0, 0.1) is 11.6 Å². The van der Waals surface area contributed by atoms with Crippen LogP contribution in [0.5, 0.6) is 5.75 Å². The van der Waals surface area contributed by atoms with Gasteiger partial charge in [0.1, 0.15) is 5.75 Å². The predicted molar refractivity (Wildman–Crippen MR) is 94.2 cm³/mol. The molecule has 0 aromatic heterocycles. The number of nitrogens with one attached hydrogen (secondary N) is 2. The summed E-state index contributed by atoms with van der Waals surface area (Å²) in [7, 11) is 0. The van der Waals surface area contributed by atoms with Crippen LogP contribution in [0.2, 0.25) is 0 Å². The summed E-state index contributed by atoms with van der Waals surface area (Å²) in [5, 5.41) is 5.01. The maximum Gasteiger partial charge on any atom is 0.255 e. The maximum absolute atomic E-state index is 13.5. The zero-order valence-electron chi connectivity index (χ0n) is 14.4. The Labute approximate surface area is 150 Å². The molecule has 0 saturated heterocycles. The lowest BCUT2D eigenvalue weighted by Crippen LogP contribution is -2.26. The van der Waals surface area contributed by atoms with E-state index >= 15 is 0 Å². The van der Waals surface area contributed by atoms with E-state index in [0.717, 1.165) is 6.07 Å². The Balaban J connectivity index is 1.79. The Bertz CT molecular complexity index is 781. The SMILES string of the molecule is CCOc1ccccc1C(=O)NCCCC(=O)Nc1cccc(F)c1F. The Morgan fingerprint density at radius 3 is 2.62 bits per heavy atom. The van der Waals surface area contributed by atoms with E-state index in [1.165, 1.54) is 12.1 Å². The van der Waals surface area contributed by atoms with Crippen molar-refractivity contribution in [3.8, 4) is 5.75 Å². The fourth-order valence-electron chi connectivity index (χ4n) is 2.29. The second-order valence-corrected chi connectivity index (χ2v) is 5.44. The van der Waals surface area contributed by atoms with E-state index in [-0.39, 0.29) is 24.6 Å². The van der Waals surface area contributed by atoms with Gasteiger partial charge >= 0.3 is 0 Å². The van der Waals surface area contributed by atoms with Crippen LogP contribution in [0.25, 0.3) is 0 Å². The topological polar surface area (TPSA) is 67.4 Å². The molecule has 0 bridgehead atoms. The van der Waals surface area contributed by atoms with Crippen LogP contribution in [0.4, 0.5) is 14.5 Å². The zero-order chi connectivity index (χ0) is 18.9. The molecule has 138 valence electrons. The van der Waals surface area contributed by atoms with Gasteiger partial charge in [-0.2, -0.15) is 0 Å². The quantitative estimate of drug-likeness (QED) is 0.706. The summed E-state index contributed by atoms with van der Waals surface area (Å²) < 4.78 is 32.0. The summed E-state index contributed by atoms with van der Waals surface area (Å²) >= 11 is 0. The zero-order valence-corrected chi connectivity index (χ0v) is 14.4. The molecular weight excluding hydrogens is 342 g/mol. The number of rotatable bonds is 8. The Kier molecular flexibility index (Phi) is 7.08. The monoisotopic (exact) mass is 362 g/mol. The van der Waals surface area contributed by atoms with Crippen LogP contribution in [0.3, 0.4) is 0 Å². The Morgan fingerprint density at radius 1 is 1.08 bits per heavy atom. The molecule has 26 heavy (non-hydrogen) atoms. The second kappa shape index (κ2) is 9.50. The van der Waals surface area contributed by atoms with Crippen molar-refractivity contribution in [2.75, 3.05) is 18.5 Å². The van der Waals surface area contributed by atoms with Gasteiger partial charge in [-0.25, -0.2) is 8.78 Å². The number of hydrogen-bond acceptors (Lipinski definition) is 3. The molecule has 2 aromatic rings. The van der Waals surface area contributed by atoms with Crippen molar-refractivity contribution < 1.29 is 23.1 Å². The van der Waals surface area contributed by atoms with E-state index in [2.05, 4.69) is 10.6 Å². The number of carbonyl (C=O) groups is 2. The van der Waals surface area contributed by atoms with Crippen molar-refractivity contribution in [2.24, 2.45) is 0 Å². The number of anilines is 1. The Morgan fingerprint density at radius 2 is 1.85 bits per heavy atom. The smallest absolute Gasteiger partial charge is 0.255 e. The van der Waals surface area contributed by atoms with Crippen LogP contribution in [0.15, 0.2) is 42.5 Å². The number of hydrogen-bond donors (Lipinski definition) is 2. The molecule has 0 unspecified atom stereocenters. The summed E-state index contributed by atoms with van der Waals surface area (Å²) in [6.45, 7) is 2.54. The van der Waals surface area contributed by atoms with Gasteiger partial charge in [0.2, 0.25) is 5.91 Å². The number of carbonyl (C=O) groups excluding carboxylic acids is 2. The van der Waals surface area contributed by atoms with Crippen LogP contribution in [-0.2, 0) is 4.79 Å². The van der Waals surface area contributed by atoms with Gasteiger partial charge in [0, 0.05) is 13.0 Å². The molecule has 0 atom stereocenters. The summed E-state index contributed by atoms with van der Waals surface area (Å²) in [4.78, 5) is 24.0. The van der Waals surface area contributed by atoms with Gasteiger partial charge in [-0.1, -0.05) is 18.2 Å². The third-order valence-corrected chi connectivity index (χ3v) is 3.52. The standard InChI is InChI=1S/C19H20F2N2O3/c1-2-26-16-10-4-3-7-13(16)19(25)22-12-6-11-17(24)23-15-9-5-8-14(20)18(15)21/h3-5,7-10H,2,6,11-12H2,1H3,(H,22,25)(H,23,24). The van der Waals surface area contributed by atoms with E-state index in [1.807, 2.05) is 6.92 Å². The van der Waals surface area contributed by atoms with E-state index in [4.69, 9.17) is 4.74 Å². The van der Waals surface area contributed by atoms with Crippen LogP contribution < -0.4 is 15.4 Å². The summed E-state index contributed by atoms with van der Waals surface area (Å²) in [6, 6.07) is 10.4. The molecule has 2 aromatic carbocycles. The van der Waals surface area contributed by atoms with Crippen LogP contribution in [-0.4, -0.2) is 25.0 Å². The number of benzene rings is 2. The minimum absolute atomic E-state index is 0.0589. The van der Waals surface area contributed by atoms with Gasteiger partial charge in [0.25, 0.3) is 5.91 Å². The van der Waals surface area contributed by atoms with Gasteiger partial charge in [0.05, 0.1) is 17.9 Å². The average Bonchev–Trinajstić information content (AvgIpc) is 2.63. The molecule has 2 amide bonds. The molecule has 0 aliphatic rings. The lowest BCUT2D eigenvalue weighted by molar-refractivity contribution is -0.116. The minimum Gasteiger partial charge on any atom is -0.493 e. The first-order chi connectivity index (χ1) is 12.5. The van der Waals surface area contributed by atoms with E-state index < -0.39 is 17.5 Å². The average molecular weight is 362 g/mol. The normalized spacial score (nSPS) is 10.3.